The maximum absolute atomic E-state index is 13.9. The molecule has 0 spiro atoms. The molecule has 316 valence electrons. The maximum atomic E-state index is 13.9. The predicted molar refractivity (Wildman–Crippen MR) is 213 cm³/mol. The third-order valence-electron chi connectivity index (χ3n) is 7.89. The molecule has 16 nitrogen and oxygen atoms in total. The first-order chi connectivity index (χ1) is 26.0. The molecule has 56 heavy (non-hydrogen) atoms. The second-order valence-electron chi connectivity index (χ2n) is 15.1. The van der Waals surface area contributed by atoms with Gasteiger partial charge in [-0.1, -0.05) is 121 Å². The minimum Gasteiger partial charge on any atom is -0.461 e. The number of carbonyl (C=O) groups excluding carboxylic acids is 7. The lowest BCUT2D eigenvalue weighted by molar-refractivity contribution is -0.147. The minimum absolute atomic E-state index is 0.0214. The normalized spacial score (nSPS) is 14.2. The van der Waals surface area contributed by atoms with E-state index in [-0.39, 0.29) is 37.2 Å². The predicted octanol–water partition coefficient (Wildman–Crippen LogP) is 3.31. The fourth-order valence-corrected chi connectivity index (χ4v) is 5.34. The maximum Gasteiger partial charge on any atom is 0.426 e. The molecule has 1 aromatic rings. The van der Waals surface area contributed by atoms with E-state index in [2.05, 4.69) is 26.7 Å². The van der Waals surface area contributed by atoms with E-state index >= 15 is 0 Å². The van der Waals surface area contributed by atoms with Gasteiger partial charge in [-0.2, -0.15) is 0 Å². The number of benzene rings is 1. The molecule has 0 radical (unpaired) electrons. The molecule has 0 aliphatic heterocycles. The van der Waals surface area contributed by atoms with Crippen LogP contribution in [-0.4, -0.2) is 82.2 Å². The first kappa shape index (κ1) is 50.2. The van der Waals surface area contributed by atoms with Gasteiger partial charge in [-0.15, -0.1) is 0 Å². The van der Waals surface area contributed by atoms with E-state index in [1.165, 1.54) is 0 Å². The summed E-state index contributed by atoms with van der Waals surface area (Å²) in [5.74, 6) is -5.20. The van der Waals surface area contributed by atoms with Crippen molar-refractivity contribution < 1.29 is 43.0 Å². The van der Waals surface area contributed by atoms with Gasteiger partial charge in [-0.25, -0.2) is 10.2 Å². The summed E-state index contributed by atoms with van der Waals surface area (Å²) >= 11 is 16.7. The van der Waals surface area contributed by atoms with Gasteiger partial charge in [0.1, 0.15) is 37.4 Å². The summed E-state index contributed by atoms with van der Waals surface area (Å²) in [6, 6.07) is 2.81. The average molecular weight is 851 g/mol. The fourth-order valence-electron chi connectivity index (χ4n) is 5.18. The smallest absolute Gasteiger partial charge is 0.426 e. The van der Waals surface area contributed by atoms with Crippen molar-refractivity contribution in [2.45, 2.75) is 122 Å². The molecule has 1 aromatic carbocycles. The molecule has 0 saturated heterocycles. The number of halogens is 3. The molecular weight excluding hydrogens is 793 g/mol. The summed E-state index contributed by atoms with van der Waals surface area (Å²) in [6.07, 6.45) is -1.09. The van der Waals surface area contributed by atoms with Crippen LogP contribution in [0, 0.1) is 23.7 Å². The third-order valence-corrected chi connectivity index (χ3v) is 8.22. The molecule has 8 N–H and O–H groups in total. The van der Waals surface area contributed by atoms with Crippen LogP contribution >= 0.6 is 34.8 Å². The summed E-state index contributed by atoms with van der Waals surface area (Å²) in [4.78, 5) is 92.4. The van der Waals surface area contributed by atoms with E-state index < -0.39 is 94.5 Å². The Balaban J connectivity index is 3.30. The minimum atomic E-state index is -1.90. The van der Waals surface area contributed by atoms with E-state index in [1.807, 2.05) is 33.1 Å². The quantitative estimate of drug-likeness (QED) is 0.0542. The van der Waals surface area contributed by atoms with E-state index in [4.69, 9.17) is 50.0 Å². The number of amides is 6. The highest BCUT2D eigenvalue weighted by atomic mass is 35.6. The van der Waals surface area contributed by atoms with Crippen LogP contribution in [0.5, 0.6) is 0 Å². The van der Waals surface area contributed by atoms with Gasteiger partial charge in [0, 0.05) is 0 Å². The number of alkyl halides is 3. The Labute approximate surface area is 344 Å². The van der Waals surface area contributed by atoms with Crippen molar-refractivity contribution in [2.75, 3.05) is 6.61 Å². The summed E-state index contributed by atoms with van der Waals surface area (Å²) in [6.45, 7) is 13.7. The summed E-state index contributed by atoms with van der Waals surface area (Å²) < 4.78 is 8.20. The van der Waals surface area contributed by atoms with Crippen LogP contribution in [-0.2, 0) is 44.8 Å². The van der Waals surface area contributed by atoms with E-state index in [1.54, 1.807) is 58.0 Å². The van der Waals surface area contributed by atoms with Gasteiger partial charge in [0.15, 0.2) is 0 Å². The Bertz CT molecular complexity index is 1460. The molecule has 19 heteroatoms. The molecular formula is C37H58Cl3N7O9. The van der Waals surface area contributed by atoms with Crippen molar-refractivity contribution in [3.8, 4) is 0 Å². The number of esters is 1. The van der Waals surface area contributed by atoms with Crippen LogP contribution in [0.1, 0.15) is 86.6 Å². The zero-order valence-corrected chi connectivity index (χ0v) is 35.5. The highest BCUT2D eigenvalue weighted by Gasteiger charge is 2.35. The van der Waals surface area contributed by atoms with Gasteiger partial charge in [0.25, 0.3) is 5.91 Å². The van der Waals surface area contributed by atoms with Crippen molar-refractivity contribution in [1.29, 1.82) is 0 Å². The molecule has 1 rings (SSSR count). The van der Waals surface area contributed by atoms with Gasteiger partial charge in [0.05, 0.1) is 12.5 Å². The highest BCUT2D eigenvalue weighted by Crippen LogP contribution is 2.25. The van der Waals surface area contributed by atoms with Crippen LogP contribution in [0.25, 0.3) is 0 Å². The Morgan fingerprint density at radius 3 is 1.64 bits per heavy atom. The molecule has 0 aliphatic rings. The van der Waals surface area contributed by atoms with Crippen molar-refractivity contribution in [2.24, 2.45) is 29.4 Å². The molecule has 6 amide bonds. The third kappa shape index (κ3) is 20.9. The first-order valence-corrected chi connectivity index (χ1v) is 19.6. The Hall–Kier alpha value is -3.86. The number of hydrogen-bond donors (Lipinski definition) is 7. The average Bonchev–Trinajstić information content (AvgIpc) is 3.09. The Morgan fingerprint density at radius 1 is 0.625 bits per heavy atom. The summed E-state index contributed by atoms with van der Waals surface area (Å²) in [5.41, 5.74) is 10.9. The molecule has 0 bridgehead atoms. The van der Waals surface area contributed by atoms with Crippen molar-refractivity contribution in [1.82, 2.24) is 32.1 Å². The monoisotopic (exact) mass is 849 g/mol. The summed E-state index contributed by atoms with van der Waals surface area (Å²) in [7, 11) is 0. The van der Waals surface area contributed by atoms with E-state index in [0.717, 1.165) is 0 Å². The molecule has 0 heterocycles. The van der Waals surface area contributed by atoms with Crippen LogP contribution < -0.4 is 37.9 Å². The molecule has 0 aromatic heterocycles. The Kier molecular flexibility index (Phi) is 22.1. The van der Waals surface area contributed by atoms with E-state index in [0.29, 0.717) is 12.0 Å². The molecule has 0 saturated carbocycles. The summed E-state index contributed by atoms with van der Waals surface area (Å²) in [5, 5.41) is 10.5. The number of rotatable bonds is 21. The second-order valence-corrected chi connectivity index (χ2v) is 17.6. The molecule has 0 aliphatic carbocycles. The SMILES string of the molecule is CC(C)C[C@H](N)C(=O)N[C@H](CC(C)C)C(=O)N[C@H](C(=O)N[C@@H](CC(=O)OCc1ccccc1)C(=O)N[C@H](CC(C)C)C(=O)NNC(=O)OCC(Cl)(Cl)Cl)C(C)C. The molecule has 0 fully saturated rings. The molecule has 0 unspecified atom stereocenters. The van der Waals surface area contributed by atoms with Gasteiger partial charge in [-0.3, -0.25) is 34.2 Å². The number of ether oxygens (including phenoxy) is 2. The fraction of sp³-hybridized carbons (Fsp3) is 0.649. The molecule has 5 atom stereocenters. The number of hydrogen-bond acceptors (Lipinski definition) is 10. The topological polar surface area (TPSA) is 236 Å². The van der Waals surface area contributed by atoms with Gasteiger partial charge in [0.2, 0.25) is 27.4 Å². The van der Waals surface area contributed by atoms with Crippen molar-refractivity contribution in [3.63, 3.8) is 0 Å². The van der Waals surface area contributed by atoms with Gasteiger partial charge in [-0.05, 0) is 48.5 Å². The highest BCUT2D eigenvalue weighted by molar-refractivity contribution is 6.67. The number of nitrogens with one attached hydrogen (secondary N) is 6. The number of carbonyl (C=O) groups is 7. The van der Waals surface area contributed by atoms with Crippen molar-refractivity contribution in [3.05, 3.63) is 35.9 Å². The van der Waals surface area contributed by atoms with Crippen LogP contribution in [0.4, 0.5) is 4.79 Å². The van der Waals surface area contributed by atoms with Gasteiger partial charge >= 0.3 is 12.1 Å². The zero-order valence-electron chi connectivity index (χ0n) is 33.2. The zero-order chi connectivity index (χ0) is 42.7. The lowest BCUT2D eigenvalue weighted by Crippen LogP contribution is -2.60. The Morgan fingerprint density at radius 2 is 1.12 bits per heavy atom. The first-order valence-electron chi connectivity index (χ1n) is 18.4. The van der Waals surface area contributed by atoms with Crippen molar-refractivity contribution >= 4 is 76.4 Å². The lowest BCUT2D eigenvalue weighted by Gasteiger charge is -2.29. The van der Waals surface area contributed by atoms with E-state index in [9.17, 15) is 33.6 Å². The van der Waals surface area contributed by atoms with Crippen LogP contribution in [0.15, 0.2) is 30.3 Å². The number of hydrazine groups is 1. The van der Waals surface area contributed by atoms with Gasteiger partial charge < -0.3 is 36.5 Å². The lowest BCUT2D eigenvalue weighted by atomic mass is 9.98. The van der Waals surface area contributed by atoms with Crippen LogP contribution in [0.3, 0.4) is 0 Å². The van der Waals surface area contributed by atoms with Crippen LogP contribution in [0.2, 0.25) is 0 Å². The largest absolute Gasteiger partial charge is 0.461 e. The second kappa shape index (κ2) is 24.7. The number of nitrogens with two attached hydrogens (primary N) is 1. The standard InChI is InChI=1S/C37H58Cl3N7O9/c1-20(2)14-25(41)31(49)42-26(15-21(3)4)33(51)45-30(23(7)8)35(53)44-28(17-29(48)55-18-24-12-10-9-11-13-24)32(50)43-27(16-22(5)6)34(52)46-47-36(54)56-19-37(38,39)40/h9-13,20-23,25-28,30H,14-19,41H2,1-8H3,(H,42,49)(H,43,50)(H,44,53)(H,45,51)(H,46,52)(H,47,54)/t25-,26+,27+,28-,30-/m0/s1.